The maximum atomic E-state index is 5.94. The number of aryl methyl sites for hydroxylation is 3. The number of hydrogen-bond donors (Lipinski definition) is 1. The summed E-state index contributed by atoms with van der Waals surface area (Å²) < 4.78 is 6.86. The summed E-state index contributed by atoms with van der Waals surface area (Å²) in [7, 11) is 0. The highest BCUT2D eigenvalue weighted by atomic mass is 79.9. The molecule has 1 aromatic carbocycles. The third kappa shape index (κ3) is 2.93. The normalized spacial score (nSPS) is 11.0. The first-order chi connectivity index (χ1) is 10.0. The van der Waals surface area contributed by atoms with Gasteiger partial charge in [0, 0.05) is 10.7 Å². The van der Waals surface area contributed by atoms with E-state index in [4.69, 9.17) is 4.74 Å². The molecule has 2 heterocycles. The fourth-order valence-electron chi connectivity index (χ4n) is 2.53. The SMILES string of the molecule is Cc1cc(C)c(OCc2nc3ncc(Br)cc3[nH]2)c(C)c1. The molecule has 0 saturated carbocycles. The average molecular weight is 346 g/mol. The zero-order valence-corrected chi connectivity index (χ0v) is 13.8. The van der Waals surface area contributed by atoms with Crippen molar-refractivity contribution < 1.29 is 4.74 Å². The second-order valence-corrected chi connectivity index (χ2v) is 6.14. The molecule has 0 unspecified atom stereocenters. The third-order valence-corrected chi connectivity index (χ3v) is 3.74. The smallest absolute Gasteiger partial charge is 0.177 e. The molecule has 21 heavy (non-hydrogen) atoms. The van der Waals surface area contributed by atoms with E-state index in [0.29, 0.717) is 12.3 Å². The van der Waals surface area contributed by atoms with Crippen LogP contribution in [0.4, 0.5) is 0 Å². The number of aromatic nitrogens is 3. The van der Waals surface area contributed by atoms with Gasteiger partial charge < -0.3 is 9.72 Å². The van der Waals surface area contributed by atoms with Crippen LogP contribution in [-0.2, 0) is 6.61 Å². The van der Waals surface area contributed by atoms with Crippen LogP contribution >= 0.6 is 15.9 Å². The Hall–Kier alpha value is -1.88. The highest BCUT2D eigenvalue weighted by Crippen LogP contribution is 2.25. The van der Waals surface area contributed by atoms with E-state index < -0.39 is 0 Å². The summed E-state index contributed by atoms with van der Waals surface area (Å²) in [6.45, 7) is 6.62. The molecular weight excluding hydrogens is 330 g/mol. The number of rotatable bonds is 3. The molecule has 1 N–H and O–H groups in total. The van der Waals surface area contributed by atoms with Crippen molar-refractivity contribution in [2.75, 3.05) is 0 Å². The zero-order valence-electron chi connectivity index (χ0n) is 12.2. The lowest BCUT2D eigenvalue weighted by atomic mass is 10.1. The van der Waals surface area contributed by atoms with E-state index in [9.17, 15) is 0 Å². The van der Waals surface area contributed by atoms with Gasteiger partial charge in [-0.25, -0.2) is 9.97 Å². The summed E-state index contributed by atoms with van der Waals surface area (Å²) in [6.07, 6.45) is 1.74. The molecule has 0 aliphatic carbocycles. The molecule has 5 heteroatoms. The van der Waals surface area contributed by atoms with Crippen molar-refractivity contribution in [3.05, 3.63) is 51.4 Å². The Morgan fingerprint density at radius 3 is 2.57 bits per heavy atom. The lowest BCUT2D eigenvalue weighted by Gasteiger charge is -2.12. The summed E-state index contributed by atoms with van der Waals surface area (Å²) in [5, 5.41) is 0. The van der Waals surface area contributed by atoms with Crippen molar-refractivity contribution in [2.45, 2.75) is 27.4 Å². The van der Waals surface area contributed by atoms with Gasteiger partial charge in [0.1, 0.15) is 18.2 Å². The number of aromatic amines is 1. The molecule has 0 fully saturated rings. The summed E-state index contributed by atoms with van der Waals surface area (Å²) in [5.74, 6) is 1.70. The van der Waals surface area contributed by atoms with Gasteiger partial charge in [-0.05, 0) is 53.9 Å². The minimum absolute atomic E-state index is 0.402. The van der Waals surface area contributed by atoms with Crippen LogP contribution in [0.3, 0.4) is 0 Å². The first kappa shape index (κ1) is 14.1. The number of hydrogen-bond acceptors (Lipinski definition) is 3. The van der Waals surface area contributed by atoms with Crippen LogP contribution in [0.25, 0.3) is 11.2 Å². The van der Waals surface area contributed by atoms with Crippen LogP contribution < -0.4 is 4.74 Å². The molecule has 0 aliphatic heterocycles. The summed E-state index contributed by atoms with van der Waals surface area (Å²) >= 11 is 3.40. The van der Waals surface area contributed by atoms with Gasteiger partial charge in [-0.15, -0.1) is 0 Å². The predicted octanol–water partition coefficient (Wildman–Crippen LogP) is 4.22. The minimum Gasteiger partial charge on any atom is -0.485 e. The van der Waals surface area contributed by atoms with Gasteiger partial charge >= 0.3 is 0 Å². The predicted molar refractivity (Wildman–Crippen MR) is 86.6 cm³/mol. The van der Waals surface area contributed by atoms with Crippen molar-refractivity contribution in [2.24, 2.45) is 0 Å². The molecule has 0 spiro atoms. The van der Waals surface area contributed by atoms with Gasteiger partial charge in [0.15, 0.2) is 5.65 Å². The van der Waals surface area contributed by atoms with E-state index in [1.165, 1.54) is 5.56 Å². The molecule has 3 aromatic rings. The number of halogens is 1. The van der Waals surface area contributed by atoms with Crippen molar-refractivity contribution in [3.63, 3.8) is 0 Å². The summed E-state index contributed by atoms with van der Waals surface area (Å²) in [4.78, 5) is 11.9. The van der Waals surface area contributed by atoms with Crippen LogP contribution in [0.1, 0.15) is 22.5 Å². The second kappa shape index (κ2) is 5.48. The third-order valence-electron chi connectivity index (χ3n) is 3.31. The number of nitrogens with zero attached hydrogens (tertiary/aromatic N) is 2. The standard InChI is InChI=1S/C16H16BrN3O/c1-9-4-10(2)15(11(3)5-9)21-8-14-19-13-6-12(17)7-18-16(13)20-14/h4-7H,8H2,1-3H3,(H,18,19,20). The number of pyridine rings is 1. The molecule has 0 bridgehead atoms. The van der Waals surface area contributed by atoms with Gasteiger partial charge in [0.2, 0.25) is 0 Å². The fourth-order valence-corrected chi connectivity index (χ4v) is 2.86. The van der Waals surface area contributed by atoms with Gasteiger partial charge in [-0.3, -0.25) is 0 Å². The fraction of sp³-hybridized carbons (Fsp3) is 0.250. The van der Waals surface area contributed by atoms with Crippen LogP contribution in [0, 0.1) is 20.8 Å². The van der Waals surface area contributed by atoms with Gasteiger partial charge in [-0.2, -0.15) is 0 Å². The topological polar surface area (TPSA) is 50.8 Å². The number of H-pyrrole nitrogens is 1. The van der Waals surface area contributed by atoms with Crippen molar-refractivity contribution in [1.29, 1.82) is 0 Å². The number of benzene rings is 1. The highest BCUT2D eigenvalue weighted by Gasteiger charge is 2.08. The van der Waals surface area contributed by atoms with Crippen molar-refractivity contribution >= 4 is 27.1 Å². The molecule has 3 rings (SSSR count). The monoisotopic (exact) mass is 345 g/mol. The van der Waals surface area contributed by atoms with Crippen LogP contribution in [-0.4, -0.2) is 15.0 Å². The Morgan fingerprint density at radius 1 is 1.14 bits per heavy atom. The highest BCUT2D eigenvalue weighted by molar-refractivity contribution is 9.10. The Labute approximate surface area is 131 Å². The maximum absolute atomic E-state index is 5.94. The minimum atomic E-state index is 0.402. The quantitative estimate of drug-likeness (QED) is 0.772. The number of fused-ring (bicyclic) bond motifs is 1. The van der Waals surface area contributed by atoms with Crippen LogP contribution in [0.2, 0.25) is 0 Å². The first-order valence-corrected chi connectivity index (χ1v) is 7.53. The van der Waals surface area contributed by atoms with E-state index in [2.05, 4.69) is 63.8 Å². The molecule has 0 atom stereocenters. The molecule has 4 nitrogen and oxygen atoms in total. The molecule has 0 radical (unpaired) electrons. The maximum Gasteiger partial charge on any atom is 0.177 e. The first-order valence-electron chi connectivity index (χ1n) is 6.74. The van der Waals surface area contributed by atoms with Crippen molar-refractivity contribution in [1.82, 2.24) is 15.0 Å². The van der Waals surface area contributed by atoms with E-state index in [1.807, 2.05) is 6.07 Å². The van der Waals surface area contributed by atoms with Crippen LogP contribution in [0.5, 0.6) is 5.75 Å². The Morgan fingerprint density at radius 2 is 1.86 bits per heavy atom. The van der Waals surface area contributed by atoms with Crippen molar-refractivity contribution in [3.8, 4) is 5.75 Å². The molecule has 108 valence electrons. The van der Waals surface area contributed by atoms with Gasteiger partial charge in [0.05, 0.1) is 5.52 Å². The van der Waals surface area contributed by atoms with Gasteiger partial charge in [-0.1, -0.05) is 17.7 Å². The largest absolute Gasteiger partial charge is 0.485 e. The lowest BCUT2D eigenvalue weighted by molar-refractivity contribution is 0.293. The molecule has 0 amide bonds. The second-order valence-electron chi connectivity index (χ2n) is 5.22. The number of imidazole rings is 1. The number of nitrogens with one attached hydrogen (secondary N) is 1. The van der Waals surface area contributed by atoms with E-state index >= 15 is 0 Å². The van der Waals surface area contributed by atoms with E-state index in [1.54, 1.807) is 6.20 Å². The van der Waals surface area contributed by atoms with E-state index in [0.717, 1.165) is 32.7 Å². The lowest BCUT2D eigenvalue weighted by Crippen LogP contribution is -2.01. The van der Waals surface area contributed by atoms with E-state index in [-0.39, 0.29) is 0 Å². The molecule has 0 saturated heterocycles. The zero-order chi connectivity index (χ0) is 15.0. The molecule has 2 aromatic heterocycles. The summed E-state index contributed by atoms with van der Waals surface area (Å²) in [5.41, 5.74) is 5.14. The Balaban J connectivity index is 1.83. The number of ether oxygens (including phenoxy) is 1. The molecular formula is C16H16BrN3O. The Bertz CT molecular complexity index is 787. The van der Waals surface area contributed by atoms with Gasteiger partial charge in [0.25, 0.3) is 0 Å². The van der Waals surface area contributed by atoms with Crippen LogP contribution in [0.15, 0.2) is 28.9 Å². The average Bonchev–Trinajstić information content (AvgIpc) is 2.79. The Kier molecular flexibility index (Phi) is 3.68. The summed E-state index contributed by atoms with van der Waals surface area (Å²) in [6, 6.07) is 6.21. The molecule has 0 aliphatic rings.